The maximum absolute atomic E-state index is 9.35. The van der Waals surface area contributed by atoms with Crippen LogP contribution in [-0.2, 0) is 0 Å². The molecule has 0 bridgehead atoms. The van der Waals surface area contributed by atoms with E-state index in [1.807, 2.05) is 31.2 Å². The first-order valence-corrected chi connectivity index (χ1v) is 6.54. The van der Waals surface area contributed by atoms with Crippen LogP contribution in [0.15, 0.2) is 42.5 Å². The van der Waals surface area contributed by atoms with Crippen molar-refractivity contribution in [3.63, 3.8) is 0 Å². The number of aryl methyl sites for hydroxylation is 1. The van der Waals surface area contributed by atoms with Crippen molar-refractivity contribution in [1.29, 1.82) is 5.26 Å². The Hall–Kier alpha value is -2.24. The van der Waals surface area contributed by atoms with Crippen LogP contribution in [0.4, 0.5) is 0 Å². The average Bonchev–Trinajstić information content (AvgIpc) is 2.46. The Morgan fingerprint density at radius 3 is 2.50 bits per heavy atom. The summed E-state index contributed by atoms with van der Waals surface area (Å²) in [6.07, 6.45) is 1.79. The minimum atomic E-state index is 0.575. The van der Waals surface area contributed by atoms with Gasteiger partial charge in [-0.3, -0.25) is 0 Å². The smallest absolute Gasteiger partial charge is 0.126 e. The van der Waals surface area contributed by atoms with E-state index < -0.39 is 0 Å². The lowest BCUT2D eigenvalue weighted by molar-refractivity contribution is 0.414. The van der Waals surface area contributed by atoms with Crippen molar-refractivity contribution in [3.8, 4) is 11.8 Å². The van der Waals surface area contributed by atoms with Gasteiger partial charge in [-0.05, 0) is 36.8 Å². The van der Waals surface area contributed by atoms with Crippen LogP contribution in [0.2, 0.25) is 5.02 Å². The van der Waals surface area contributed by atoms with Crippen molar-refractivity contribution < 1.29 is 4.74 Å². The van der Waals surface area contributed by atoms with Crippen LogP contribution in [0.5, 0.6) is 5.75 Å². The molecule has 2 rings (SSSR count). The molecule has 2 nitrogen and oxygen atoms in total. The molecule has 0 fully saturated rings. The van der Waals surface area contributed by atoms with Gasteiger partial charge in [-0.1, -0.05) is 41.4 Å². The molecule has 100 valence electrons. The molecule has 0 aliphatic carbocycles. The molecule has 0 saturated carbocycles. The van der Waals surface area contributed by atoms with Gasteiger partial charge in [0.15, 0.2) is 0 Å². The van der Waals surface area contributed by atoms with Gasteiger partial charge in [0.1, 0.15) is 5.75 Å². The van der Waals surface area contributed by atoms with Crippen molar-refractivity contribution in [2.24, 2.45) is 0 Å². The third kappa shape index (κ3) is 3.20. The Kier molecular flexibility index (Phi) is 4.45. The fourth-order valence-electron chi connectivity index (χ4n) is 1.89. The maximum atomic E-state index is 9.35. The molecule has 0 unspecified atom stereocenters. The van der Waals surface area contributed by atoms with Crippen LogP contribution < -0.4 is 4.74 Å². The number of allylic oxidation sites excluding steroid dienone is 1. The van der Waals surface area contributed by atoms with Gasteiger partial charge in [0.05, 0.1) is 18.8 Å². The number of benzene rings is 2. The second-order valence-corrected chi connectivity index (χ2v) is 4.86. The molecule has 0 aliphatic heterocycles. The molecule has 0 N–H and O–H groups in total. The monoisotopic (exact) mass is 283 g/mol. The van der Waals surface area contributed by atoms with Gasteiger partial charge in [0.25, 0.3) is 0 Å². The molecule has 0 heterocycles. The largest absolute Gasteiger partial charge is 0.496 e. The topological polar surface area (TPSA) is 33.0 Å². The fraction of sp³-hybridized carbons (Fsp3) is 0.118. The van der Waals surface area contributed by atoms with Crippen LogP contribution in [0, 0.1) is 18.3 Å². The van der Waals surface area contributed by atoms with Gasteiger partial charge >= 0.3 is 0 Å². The molecule has 20 heavy (non-hydrogen) atoms. The summed E-state index contributed by atoms with van der Waals surface area (Å²) in [5.41, 5.74) is 3.40. The molecule has 0 saturated heterocycles. The van der Waals surface area contributed by atoms with Crippen molar-refractivity contribution in [3.05, 3.63) is 64.2 Å². The molecule has 0 aliphatic rings. The van der Waals surface area contributed by atoms with Gasteiger partial charge in [-0.2, -0.15) is 5.26 Å². The molecule has 3 heteroatoms. The molecule has 0 spiro atoms. The zero-order valence-electron chi connectivity index (χ0n) is 11.4. The minimum Gasteiger partial charge on any atom is -0.496 e. The standard InChI is InChI=1S/C17H14ClNO/c1-12-3-5-13(6-4-12)15(11-19)9-14-10-16(18)7-8-17(14)20-2/h3-10H,1-2H3/b15-9-. The summed E-state index contributed by atoms with van der Waals surface area (Å²) in [4.78, 5) is 0. The van der Waals surface area contributed by atoms with Crippen LogP contribution in [0.1, 0.15) is 16.7 Å². The number of halogens is 1. The Labute approximate surface area is 123 Å². The van der Waals surface area contributed by atoms with Gasteiger partial charge < -0.3 is 4.74 Å². The van der Waals surface area contributed by atoms with E-state index in [1.165, 1.54) is 0 Å². The number of nitrogens with zero attached hydrogens (tertiary/aromatic N) is 1. The Morgan fingerprint density at radius 2 is 1.90 bits per heavy atom. The summed E-state index contributed by atoms with van der Waals surface area (Å²) < 4.78 is 5.29. The van der Waals surface area contributed by atoms with Gasteiger partial charge in [0, 0.05) is 10.6 Å². The first-order valence-electron chi connectivity index (χ1n) is 6.16. The number of methoxy groups -OCH3 is 1. The zero-order valence-corrected chi connectivity index (χ0v) is 12.1. The number of nitriles is 1. The van der Waals surface area contributed by atoms with Crippen LogP contribution in [-0.4, -0.2) is 7.11 Å². The highest BCUT2D eigenvalue weighted by molar-refractivity contribution is 6.30. The molecule has 0 atom stereocenters. The third-order valence-corrected chi connectivity index (χ3v) is 3.21. The molecule has 0 radical (unpaired) electrons. The summed E-state index contributed by atoms with van der Waals surface area (Å²) in [6.45, 7) is 2.01. The first kappa shape index (κ1) is 14.2. The SMILES string of the molecule is COc1ccc(Cl)cc1/C=C(/C#N)c1ccc(C)cc1. The normalized spacial score (nSPS) is 11.0. The van der Waals surface area contributed by atoms with Crippen LogP contribution in [0.25, 0.3) is 11.6 Å². The lowest BCUT2D eigenvalue weighted by Gasteiger charge is -2.06. The van der Waals surface area contributed by atoms with E-state index in [0.717, 1.165) is 16.7 Å². The first-order chi connectivity index (χ1) is 9.63. The second-order valence-electron chi connectivity index (χ2n) is 4.42. The zero-order chi connectivity index (χ0) is 14.5. The molecule has 0 amide bonds. The van der Waals surface area contributed by atoms with E-state index in [9.17, 15) is 5.26 Å². The van der Waals surface area contributed by atoms with Crippen molar-refractivity contribution in [2.75, 3.05) is 7.11 Å². The van der Waals surface area contributed by atoms with Gasteiger partial charge in [-0.25, -0.2) is 0 Å². The number of rotatable bonds is 3. The highest BCUT2D eigenvalue weighted by atomic mass is 35.5. The lowest BCUT2D eigenvalue weighted by atomic mass is 10.0. The predicted octanol–water partition coefficient (Wildman–Crippen LogP) is 4.72. The molecule has 2 aromatic rings. The minimum absolute atomic E-state index is 0.575. The summed E-state index contributed by atoms with van der Waals surface area (Å²) >= 11 is 6.00. The highest BCUT2D eigenvalue weighted by Gasteiger charge is 2.05. The van der Waals surface area contributed by atoms with Crippen molar-refractivity contribution in [2.45, 2.75) is 6.92 Å². The molecular formula is C17H14ClNO. The van der Waals surface area contributed by atoms with Crippen molar-refractivity contribution >= 4 is 23.3 Å². The maximum Gasteiger partial charge on any atom is 0.126 e. The number of hydrogen-bond acceptors (Lipinski definition) is 2. The third-order valence-electron chi connectivity index (χ3n) is 2.97. The van der Waals surface area contributed by atoms with E-state index in [2.05, 4.69) is 6.07 Å². The van der Waals surface area contributed by atoms with Crippen LogP contribution >= 0.6 is 11.6 Å². The Bertz CT molecular complexity index is 681. The predicted molar refractivity (Wildman–Crippen MR) is 82.7 cm³/mol. The molecule has 2 aromatic carbocycles. The van der Waals surface area contributed by atoms with E-state index in [0.29, 0.717) is 16.3 Å². The van der Waals surface area contributed by atoms with E-state index in [1.54, 1.807) is 31.4 Å². The lowest BCUT2D eigenvalue weighted by Crippen LogP contribution is -1.88. The van der Waals surface area contributed by atoms with E-state index in [4.69, 9.17) is 16.3 Å². The Balaban J connectivity index is 2.49. The molecular weight excluding hydrogens is 270 g/mol. The summed E-state index contributed by atoms with van der Waals surface area (Å²) in [7, 11) is 1.60. The average molecular weight is 284 g/mol. The fourth-order valence-corrected chi connectivity index (χ4v) is 2.07. The summed E-state index contributed by atoms with van der Waals surface area (Å²) in [5, 5.41) is 9.96. The van der Waals surface area contributed by atoms with Crippen molar-refractivity contribution in [1.82, 2.24) is 0 Å². The number of ether oxygens (including phenoxy) is 1. The number of hydrogen-bond donors (Lipinski definition) is 0. The van der Waals surface area contributed by atoms with Gasteiger partial charge in [-0.15, -0.1) is 0 Å². The quantitative estimate of drug-likeness (QED) is 0.603. The highest BCUT2D eigenvalue weighted by Crippen LogP contribution is 2.27. The van der Waals surface area contributed by atoms with Gasteiger partial charge in [0.2, 0.25) is 0 Å². The van der Waals surface area contributed by atoms with E-state index >= 15 is 0 Å². The van der Waals surface area contributed by atoms with Crippen LogP contribution in [0.3, 0.4) is 0 Å². The molecule has 0 aromatic heterocycles. The Morgan fingerprint density at radius 1 is 1.20 bits per heavy atom. The van der Waals surface area contributed by atoms with E-state index in [-0.39, 0.29) is 0 Å². The summed E-state index contributed by atoms with van der Waals surface area (Å²) in [6, 6.07) is 15.4. The second kappa shape index (κ2) is 6.27. The summed E-state index contributed by atoms with van der Waals surface area (Å²) in [5.74, 6) is 0.689.